The van der Waals surface area contributed by atoms with Gasteiger partial charge in [-0.05, 0) is 48.9 Å². The maximum absolute atomic E-state index is 13.0. The first kappa shape index (κ1) is 17.7. The molecule has 0 bridgehead atoms. The van der Waals surface area contributed by atoms with E-state index in [1.807, 2.05) is 0 Å². The number of amides is 2. The Morgan fingerprint density at radius 1 is 1.17 bits per heavy atom. The lowest BCUT2D eigenvalue weighted by atomic mass is 10.2. The van der Waals surface area contributed by atoms with Gasteiger partial charge in [0.2, 0.25) is 0 Å². The Bertz CT molecular complexity index is 735. The number of esters is 1. The Morgan fingerprint density at radius 2 is 1.88 bits per heavy atom. The zero-order valence-corrected chi connectivity index (χ0v) is 13.7. The number of halogens is 2. The van der Waals surface area contributed by atoms with Crippen LogP contribution in [0, 0.1) is 5.82 Å². The minimum Gasteiger partial charge on any atom is -0.462 e. The van der Waals surface area contributed by atoms with Gasteiger partial charge in [0.1, 0.15) is 5.82 Å². The number of ether oxygens (including phenoxy) is 1. The number of benzene rings is 2. The Hall–Kier alpha value is -2.60. The van der Waals surface area contributed by atoms with Crippen LogP contribution in [0.5, 0.6) is 0 Å². The molecule has 0 unspecified atom stereocenters. The van der Waals surface area contributed by atoms with Gasteiger partial charge in [0.25, 0.3) is 0 Å². The van der Waals surface area contributed by atoms with E-state index in [4.69, 9.17) is 16.3 Å². The number of anilines is 1. The Kier molecular flexibility index (Phi) is 6.14. The lowest BCUT2D eigenvalue weighted by Gasteiger charge is -2.09. The van der Waals surface area contributed by atoms with E-state index in [-0.39, 0.29) is 11.6 Å². The third-order valence-corrected chi connectivity index (χ3v) is 3.46. The third kappa shape index (κ3) is 4.96. The van der Waals surface area contributed by atoms with E-state index in [1.165, 1.54) is 18.2 Å². The molecule has 0 aliphatic carbocycles. The molecule has 2 rings (SSSR count). The molecule has 0 radical (unpaired) electrons. The summed E-state index contributed by atoms with van der Waals surface area (Å²) >= 11 is 5.89. The molecule has 0 fully saturated rings. The lowest BCUT2D eigenvalue weighted by Crippen LogP contribution is -2.28. The molecule has 126 valence electrons. The van der Waals surface area contributed by atoms with Crippen LogP contribution in [0.2, 0.25) is 5.02 Å². The van der Waals surface area contributed by atoms with Crippen molar-refractivity contribution >= 4 is 29.3 Å². The van der Waals surface area contributed by atoms with Crippen LogP contribution in [0.25, 0.3) is 0 Å². The average molecular weight is 351 g/mol. The Morgan fingerprint density at radius 3 is 2.50 bits per heavy atom. The van der Waals surface area contributed by atoms with Gasteiger partial charge in [-0.1, -0.05) is 17.7 Å². The quantitative estimate of drug-likeness (QED) is 0.801. The first-order chi connectivity index (χ1) is 11.5. The topological polar surface area (TPSA) is 67.4 Å². The van der Waals surface area contributed by atoms with E-state index in [1.54, 1.807) is 31.2 Å². The van der Waals surface area contributed by atoms with Crippen molar-refractivity contribution in [3.63, 3.8) is 0 Å². The van der Waals surface area contributed by atoms with Crippen molar-refractivity contribution in [1.29, 1.82) is 0 Å². The zero-order valence-electron chi connectivity index (χ0n) is 12.9. The van der Waals surface area contributed by atoms with Crippen molar-refractivity contribution in [2.75, 3.05) is 11.9 Å². The fourth-order valence-corrected chi connectivity index (χ4v) is 2.15. The third-order valence-electron chi connectivity index (χ3n) is 3.11. The maximum Gasteiger partial charge on any atom is 0.338 e. The van der Waals surface area contributed by atoms with Crippen molar-refractivity contribution in [3.05, 3.63) is 64.4 Å². The van der Waals surface area contributed by atoms with Crippen LogP contribution in [-0.4, -0.2) is 18.6 Å². The number of hydrogen-bond acceptors (Lipinski definition) is 3. The van der Waals surface area contributed by atoms with Crippen LogP contribution in [0.4, 0.5) is 14.9 Å². The van der Waals surface area contributed by atoms with Gasteiger partial charge >= 0.3 is 12.0 Å². The second-order valence-corrected chi connectivity index (χ2v) is 5.25. The summed E-state index contributed by atoms with van der Waals surface area (Å²) < 4.78 is 17.8. The summed E-state index contributed by atoms with van der Waals surface area (Å²) in [5, 5.41) is 5.48. The van der Waals surface area contributed by atoms with Gasteiger partial charge < -0.3 is 15.4 Å². The predicted octanol–water partition coefficient (Wildman–Crippen LogP) is 3.98. The van der Waals surface area contributed by atoms with E-state index in [9.17, 15) is 14.0 Å². The number of urea groups is 1. The van der Waals surface area contributed by atoms with Crippen molar-refractivity contribution < 1.29 is 18.7 Å². The fraction of sp³-hybridized carbons (Fsp3) is 0.176. The van der Waals surface area contributed by atoms with E-state index in [0.717, 1.165) is 0 Å². The van der Waals surface area contributed by atoms with Crippen molar-refractivity contribution in [2.45, 2.75) is 13.5 Å². The molecule has 0 heterocycles. The SMILES string of the molecule is CCOC(=O)c1ccc(NC(=O)NCc2ccc(F)cc2Cl)cc1. The average Bonchev–Trinajstić information content (AvgIpc) is 2.55. The molecule has 2 N–H and O–H groups in total. The summed E-state index contributed by atoms with van der Waals surface area (Å²) in [6.45, 7) is 2.19. The number of carbonyl (C=O) groups is 2. The van der Waals surface area contributed by atoms with Gasteiger partial charge in [-0.25, -0.2) is 14.0 Å². The summed E-state index contributed by atoms with van der Waals surface area (Å²) in [7, 11) is 0. The zero-order chi connectivity index (χ0) is 17.5. The smallest absolute Gasteiger partial charge is 0.338 e. The molecule has 5 nitrogen and oxygen atoms in total. The first-order valence-corrected chi connectivity index (χ1v) is 7.63. The highest BCUT2D eigenvalue weighted by molar-refractivity contribution is 6.31. The molecule has 0 aromatic heterocycles. The highest BCUT2D eigenvalue weighted by Crippen LogP contribution is 2.17. The molecular formula is C17H16ClFN2O3. The molecule has 2 aromatic carbocycles. The fourth-order valence-electron chi connectivity index (χ4n) is 1.92. The minimum absolute atomic E-state index is 0.159. The molecular weight excluding hydrogens is 335 g/mol. The van der Waals surface area contributed by atoms with Crippen molar-refractivity contribution in [1.82, 2.24) is 5.32 Å². The standard InChI is InChI=1S/C17H16ClFN2O3/c1-2-24-16(22)11-4-7-14(8-5-11)21-17(23)20-10-12-3-6-13(19)9-15(12)18/h3-9H,2,10H2,1H3,(H2,20,21,23). The number of carbonyl (C=O) groups excluding carboxylic acids is 2. The number of hydrogen-bond donors (Lipinski definition) is 2. The second-order valence-electron chi connectivity index (χ2n) is 4.84. The van der Waals surface area contributed by atoms with Gasteiger partial charge in [-0.2, -0.15) is 0 Å². The molecule has 0 atom stereocenters. The van der Waals surface area contributed by atoms with Gasteiger partial charge in [0, 0.05) is 17.3 Å². The minimum atomic E-state index is -0.445. The Labute approximate surface area is 143 Å². The molecule has 0 spiro atoms. The largest absolute Gasteiger partial charge is 0.462 e. The van der Waals surface area contributed by atoms with Crippen LogP contribution < -0.4 is 10.6 Å². The van der Waals surface area contributed by atoms with Crippen LogP contribution in [0.15, 0.2) is 42.5 Å². The molecule has 24 heavy (non-hydrogen) atoms. The van der Waals surface area contributed by atoms with Crippen LogP contribution in [0.1, 0.15) is 22.8 Å². The number of nitrogens with one attached hydrogen (secondary N) is 2. The summed E-state index contributed by atoms with van der Waals surface area (Å²) in [6.07, 6.45) is 0. The predicted molar refractivity (Wildman–Crippen MR) is 89.7 cm³/mol. The molecule has 0 aliphatic heterocycles. The molecule has 2 amide bonds. The first-order valence-electron chi connectivity index (χ1n) is 7.25. The summed E-state index contributed by atoms with van der Waals surface area (Å²) in [5.41, 5.74) is 1.53. The highest BCUT2D eigenvalue weighted by Gasteiger charge is 2.08. The molecule has 0 saturated carbocycles. The van der Waals surface area contributed by atoms with Gasteiger partial charge in [-0.3, -0.25) is 0 Å². The van der Waals surface area contributed by atoms with Crippen LogP contribution >= 0.6 is 11.6 Å². The molecule has 0 aliphatic rings. The number of rotatable bonds is 5. The Balaban J connectivity index is 1.89. The molecule has 7 heteroatoms. The van der Waals surface area contributed by atoms with E-state index >= 15 is 0 Å². The molecule has 2 aromatic rings. The van der Waals surface area contributed by atoms with Gasteiger partial charge in [0.15, 0.2) is 0 Å². The van der Waals surface area contributed by atoms with E-state index in [2.05, 4.69) is 10.6 Å². The summed E-state index contributed by atoms with van der Waals surface area (Å²) in [5.74, 6) is -0.852. The normalized spacial score (nSPS) is 10.1. The van der Waals surface area contributed by atoms with Gasteiger partial charge in [-0.15, -0.1) is 0 Å². The van der Waals surface area contributed by atoms with E-state index < -0.39 is 17.8 Å². The molecule has 0 saturated heterocycles. The summed E-state index contributed by atoms with van der Waals surface area (Å²) in [6, 6.07) is 9.83. The lowest BCUT2D eigenvalue weighted by molar-refractivity contribution is 0.0526. The van der Waals surface area contributed by atoms with Crippen LogP contribution in [0.3, 0.4) is 0 Å². The van der Waals surface area contributed by atoms with Crippen molar-refractivity contribution in [2.24, 2.45) is 0 Å². The second kappa shape index (κ2) is 8.31. The monoisotopic (exact) mass is 350 g/mol. The van der Waals surface area contributed by atoms with E-state index in [0.29, 0.717) is 23.4 Å². The van der Waals surface area contributed by atoms with Crippen LogP contribution in [-0.2, 0) is 11.3 Å². The van der Waals surface area contributed by atoms with Crippen molar-refractivity contribution in [3.8, 4) is 0 Å². The maximum atomic E-state index is 13.0. The summed E-state index contributed by atoms with van der Waals surface area (Å²) in [4.78, 5) is 23.4. The van der Waals surface area contributed by atoms with Gasteiger partial charge in [0.05, 0.1) is 12.2 Å². The highest BCUT2D eigenvalue weighted by atomic mass is 35.5.